The van der Waals surface area contributed by atoms with Crippen LogP contribution >= 0.6 is 0 Å². The normalized spacial score (nSPS) is 9.88. The standard InChI is InChI=1S/C13H13N3O/c14-12-8-4-7-11(15-12)9-13(17)16-10-5-2-1-3-6-10/h1-8H,9H2,(H2,14,15)(H,16,17). The third-order valence-corrected chi connectivity index (χ3v) is 2.23. The molecule has 0 saturated heterocycles. The van der Waals surface area contributed by atoms with E-state index < -0.39 is 0 Å². The van der Waals surface area contributed by atoms with Crippen molar-refractivity contribution in [3.05, 3.63) is 54.2 Å². The largest absolute Gasteiger partial charge is 0.384 e. The summed E-state index contributed by atoms with van der Waals surface area (Å²) >= 11 is 0. The second kappa shape index (κ2) is 5.12. The van der Waals surface area contributed by atoms with Gasteiger partial charge in [0.1, 0.15) is 5.82 Å². The molecule has 2 rings (SSSR count). The maximum absolute atomic E-state index is 11.7. The highest BCUT2D eigenvalue weighted by molar-refractivity contribution is 5.91. The van der Waals surface area contributed by atoms with Gasteiger partial charge in [-0.1, -0.05) is 24.3 Å². The molecule has 0 aliphatic heterocycles. The number of pyridine rings is 1. The first kappa shape index (κ1) is 11.1. The highest BCUT2D eigenvalue weighted by Crippen LogP contribution is 2.07. The fourth-order valence-electron chi connectivity index (χ4n) is 1.49. The minimum Gasteiger partial charge on any atom is -0.384 e. The summed E-state index contributed by atoms with van der Waals surface area (Å²) in [6.07, 6.45) is 0.222. The number of carbonyl (C=O) groups excluding carboxylic acids is 1. The van der Waals surface area contributed by atoms with E-state index >= 15 is 0 Å². The van der Waals surface area contributed by atoms with Crippen molar-refractivity contribution in [2.45, 2.75) is 6.42 Å². The second-order valence-corrected chi connectivity index (χ2v) is 3.64. The van der Waals surface area contributed by atoms with E-state index in [-0.39, 0.29) is 12.3 Å². The molecule has 3 N–H and O–H groups in total. The van der Waals surface area contributed by atoms with Crippen molar-refractivity contribution in [2.75, 3.05) is 11.1 Å². The molecule has 4 heteroatoms. The average molecular weight is 227 g/mol. The molecule has 86 valence electrons. The third-order valence-electron chi connectivity index (χ3n) is 2.23. The summed E-state index contributed by atoms with van der Waals surface area (Å²) in [5.41, 5.74) is 6.99. The lowest BCUT2D eigenvalue weighted by atomic mass is 10.2. The molecule has 0 aliphatic rings. The summed E-state index contributed by atoms with van der Waals surface area (Å²) in [4.78, 5) is 15.8. The van der Waals surface area contributed by atoms with E-state index in [2.05, 4.69) is 10.3 Å². The van der Waals surface area contributed by atoms with Crippen LogP contribution < -0.4 is 11.1 Å². The SMILES string of the molecule is Nc1cccc(CC(=O)Nc2ccccc2)n1. The molecule has 1 amide bonds. The van der Waals surface area contributed by atoms with Gasteiger partial charge in [0.15, 0.2) is 0 Å². The fourth-order valence-corrected chi connectivity index (χ4v) is 1.49. The van der Waals surface area contributed by atoms with Crippen molar-refractivity contribution in [1.82, 2.24) is 4.98 Å². The Hall–Kier alpha value is -2.36. The van der Waals surface area contributed by atoms with Crippen molar-refractivity contribution in [2.24, 2.45) is 0 Å². The number of hydrogen-bond donors (Lipinski definition) is 2. The number of nitrogens with two attached hydrogens (primary N) is 1. The van der Waals surface area contributed by atoms with Gasteiger partial charge < -0.3 is 11.1 Å². The van der Waals surface area contributed by atoms with Gasteiger partial charge in [-0.3, -0.25) is 4.79 Å². The zero-order chi connectivity index (χ0) is 12.1. The number of nitrogens with zero attached hydrogens (tertiary/aromatic N) is 1. The number of aromatic nitrogens is 1. The summed E-state index contributed by atoms with van der Waals surface area (Å²) in [5.74, 6) is 0.323. The number of amides is 1. The first-order chi connectivity index (χ1) is 8.24. The molecule has 0 spiro atoms. The van der Waals surface area contributed by atoms with Gasteiger partial charge in [0.05, 0.1) is 12.1 Å². The predicted molar refractivity (Wildman–Crippen MR) is 67.4 cm³/mol. The van der Waals surface area contributed by atoms with E-state index in [4.69, 9.17) is 5.73 Å². The number of carbonyl (C=O) groups is 1. The topological polar surface area (TPSA) is 68.0 Å². The smallest absolute Gasteiger partial charge is 0.230 e. The Balaban J connectivity index is 1.98. The van der Waals surface area contributed by atoms with Gasteiger partial charge in [-0.2, -0.15) is 0 Å². The number of hydrogen-bond acceptors (Lipinski definition) is 3. The molecule has 0 atom stereocenters. The van der Waals surface area contributed by atoms with Crippen molar-refractivity contribution in [3.8, 4) is 0 Å². The van der Waals surface area contributed by atoms with Crippen molar-refractivity contribution >= 4 is 17.4 Å². The Morgan fingerprint density at radius 3 is 2.59 bits per heavy atom. The van der Waals surface area contributed by atoms with Crippen LogP contribution in [0.2, 0.25) is 0 Å². The van der Waals surface area contributed by atoms with Crippen LogP contribution in [0.15, 0.2) is 48.5 Å². The third kappa shape index (κ3) is 3.31. The van der Waals surface area contributed by atoms with Gasteiger partial charge in [-0.25, -0.2) is 4.98 Å². The van der Waals surface area contributed by atoms with Crippen molar-refractivity contribution < 1.29 is 4.79 Å². The zero-order valence-electron chi connectivity index (χ0n) is 9.26. The van der Waals surface area contributed by atoms with Gasteiger partial charge in [-0.05, 0) is 24.3 Å². The summed E-state index contributed by atoms with van der Waals surface area (Å²) in [6, 6.07) is 14.6. The molecule has 0 aliphatic carbocycles. The lowest BCUT2D eigenvalue weighted by Crippen LogP contribution is -2.15. The van der Waals surface area contributed by atoms with Crippen LogP contribution in [-0.4, -0.2) is 10.9 Å². The Kier molecular flexibility index (Phi) is 3.35. The molecule has 1 aromatic carbocycles. The number of benzene rings is 1. The van der Waals surface area contributed by atoms with Crippen molar-refractivity contribution in [3.63, 3.8) is 0 Å². The van der Waals surface area contributed by atoms with E-state index in [1.165, 1.54) is 0 Å². The fraction of sp³-hybridized carbons (Fsp3) is 0.0769. The zero-order valence-corrected chi connectivity index (χ0v) is 9.26. The quantitative estimate of drug-likeness (QED) is 0.840. The number of nitrogen functional groups attached to an aromatic ring is 1. The lowest BCUT2D eigenvalue weighted by Gasteiger charge is -2.04. The molecule has 0 radical (unpaired) electrons. The number of anilines is 2. The van der Waals surface area contributed by atoms with Crippen LogP contribution in [0.1, 0.15) is 5.69 Å². The first-order valence-electron chi connectivity index (χ1n) is 5.30. The number of rotatable bonds is 3. The monoisotopic (exact) mass is 227 g/mol. The van der Waals surface area contributed by atoms with Crippen LogP contribution in [0.3, 0.4) is 0 Å². The van der Waals surface area contributed by atoms with Crippen molar-refractivity contribution in [1.29, 1.82) is 0 Å². The summed E-state index contributed by atoms with van der Waals surface area (Å²) < 4.78 is 0. The van der Waals surface area contributed by atoms with E-state index in [0.29, 0.717) is 11.5 Å². The van der Waals surface area contributed by atoms with Gasteiger partial charge in [0.25, 0.3) is 0 Å². The first-order valence-corrected chi connectivity index (χ1v) is 5.30. The summed E-state index contributed by atoms with van der Waals surface area (Å²) in [5, 5.41) is 2.79. The number of nitrogens with one attached hydrogen (secondary N) is 1. The second-order valence-electron chi connectivity index (χ2n) is 3.64. The molecule has 0 fully saturated rings. The van der Waals surface area contributed by atoms with Gasteiger partial charge in [-0.15, -0.1) is 0 Å². The molecule has 0 unspecified atom stereocenters. The van der Waals surface area contributed by atoms with Crippen LogP contribution in [0, 0.1) is 0 Å². The van der Waals surface area contributed by atoms with E-state index in [1.54, 1.807) is 18.2 Å². The molecule has 0 bridgehead atoms. The Morgan fingerprint density at radius 2 is 1.88 bits per heavy atom. The number of para-hydroxylation sites is 1. The minimum absolute atomic E-state index is 0.102. The maximum atomic E-state index is 11.7. The molecule has 1 aromatic heterocycles. The van der Waals surface area contributed by atoms with Gasteiger partial charge in [0.2, 0.25) is 5.91 Å². The lowest BCUT2D eigenvalue weighted by molar-refractivity contribution is -0.115. The van der Waals surface area contributed by atoms with Gasteiger partial charge >= 0.3 is 0 Å². The maximum Gasteiger partial charge on any atom is 0.230 e. The molecule has 2 aromatic rings. The van der Waals surface area contributed by atoms with E-state index in [1.807, 2.05) is 30.3 Å². The summed E-state index contributed by atoms with van der Waals surface area (Å²) in [7, 11) is 0. The Labute approximate surface area is 99.5 Å². The molecule has 4 nitrogen and oxygen atoms in total. The van der Waals surface area contributed by atoms with Gasteiger partial charge in [0, 0.05) is 5.69 Å². The average Bonchev–Trinajstić information content (AvgIpc) is 2.30. The predicted octanol–water partition coefficient (Wildman–Crippen LogP) is 1.84. The molecule has 0 saturated carbocycles. The molecular formula is C13H13N3O. The van der Waals surface area contributed by atoms with Crippen LogP contribution in [-0.2, 0) is 11.2 Å². The minimum atomic E-state index is -0.102. The van der Waals surface area contributed by atoms with Crippen LogP contribution in [0.5, 0.6) is 0 Å². The molecule has 1 heterocycles. The molecule has 17 heavy (non-hydrogen) atoms. The van der Waals surface area contributed by atoms with E-state index in [9.17, 15) is 4.79 Å². The summed E-state index contributed by atoms with van der Waals surface area (Å²) in [6.45, 7) is 0. The van der Waals surface area contributed by atoms with Crippen LogP contribution in [0.4, 0.5) is 11.5 Å². The highest BCUT2D eigenvalue weighted by Gasteiger charge is 2.04. The van der Waals surface area contributed by atoms with E-state index in [0.717, 1.165) is 5.69 Å². The molecular weight excluding hydrogens is 214 g/mol. The highest BCUT2D eigenvalue weighted by atomic mass is 16.1. The Bertz CT molecular complexity index is 511. The van der Waals surface area contributed by atoms with Crippen LogP contribution in [0.25, 0.3) is 0 Å². The Morgan fingerprint density at radius 1 is 1.12 bits per heavy atom.